The van der Waals surface area contributed by atoms with Gasteiger partial charge in [-0.3, -0.25) is 0 Å². The van der Waals surface area contributed by atoms with Crippen LogP contribution in [0.4, 0.5) is 4.39 Å². The van der Waals surface area contributed by atoms with Crippen LogP contribution in [-0.4, -0.2) is 21.5 Å². The number of hydrogen-bond donors (Lipinski definition) is 2. The van der Waals surface area contributed by atoms with Crippen LogP contribution in [-0.2, 0) is 15.8 Å². The molecule has 98 valence electrons. The number of hydrogen-bond acceptors (Lipinski definition) is 3. The van der Waals surface area contributed by atoms with E-state index in [1.807, 2.05) is 0 Å². The molecule has 3 N–H and O–H groups in total. The summed E-state index contributed by atoms with van der Waals surface area (Å²) in [6.07, 6.45) is 0.600. The van der Waals surface area contributed by atoms with E-state index in [1.165, 1.54) is 24.3 Å². The van der Waals surface area contributed by atoms with Crippen molar-refractivity contribution in [2.45, 2.75) is 12.2 Å². The topological polar surface area (TPSA) is 72.2 Å². The van der Waals surface area contributed by atoms with Gasteiger partial charge in [0.05, 0.1) is 5.75 Å². The number of nitrogens with one attached hydrogen (secondary N) is 1. The summed E-state index contributed by atoms with van der Waals surface area (Å²) in [6, 6.07) is 5.39. The molecule has 0 saturated heterocycles. The predicted octanol–water partition coefficient (Wildman–Crippen LogP) is 1.02. The van der Waals surface area contributed by atoms with Crippen molar-refractivity contribution in [2.24, 2.45) is 5.73 Å². The zero-order valence-electron chi connectivity index (χ0n) is 9.23. The van der Waals surface area contributed by atoms with Crippen molar-refractivity contribution >= 4 is 22.4 Å². The largest absolute Gasteiger partial charge is 0.330 e. The molecular weight excluding hydrogens is 267 g/mol. The molecule has 0 unspecified atom stereocenters. The molecule has 0 fully saturated rings. The van der Waals surface area contributed by atoms with Crippen LogP contribution < -0.4 is 10.5 Å². The molecule has 0 aliphatic heterocycles. The first-order chi connectivity index (χ1) is 7.53. The van der Waals surface area contributed by atoms with E-state index in [4.69, 9.17) is 5.73 Å². The first-order valence-electron chi connectivity index (χ1n) is 4.95. The molecule has 0 heterocycles. The second-order valence-corrected chi connectivity index (χ2v) is 5.23. The Bertz CT molecular complexity index is 422. The van der Waals surface area contributed by atoms with Gasteiger partial charge in [0.1, 0.15) is 5.82 Å². The van der Waals surface area contributed by atoms with Gasteiger partial charge in [-0.2, -0.15) is 0 Å². The van der Waals surface area contributed by atoms with Gasteiger partial charge in [0.15, 0.2) is 0 Å². The lowest BCUT2D eigenvalue weighted by Gasteiger charge is -2.05. The number of halogens is 2. The average Bonchev–Trinajstić information content (AvgIpc) is 2.21. The Morgan fingerprint density at radius 2 is 1.82 bits per heavy atom. The Hall–Kier alpha value is -0.690. The smallest absolute Gasteiger partial charge is 0.215 e. The Morgan fingerprint density at radius 1 is 1.24 bits per heavy atom. The third-order valence-corrected chi connectivity index (χ3v) is 3.33. The van der Waals surface area contributed by atoms with Gasteiger partial charge in [-0.25, -0.2) is 17.5 Å². The highest BCUT2D eigenvalue weighted by Crippen LogP contribution is 2.06. The summed E-state index contributed by atoms with van der Waals surface area (Å²) in [4.78, 5) is 0. The number of nitrogens with two attached hydrogens (primary N) is 1. The molecule has 17 heavy (non-hydrogen) atoms. The second-order valence-electron chi connectivity index (χ2n) is 3.42. The third-order valence-electron chi connectivity index (χ3n) is 1.97. The zero-order chi connectivity index (χ0) is 12.0. The third kappa shape index (κ3) is 6.58. The van der Waals surface area contributed by atoms with E-state index < -0.39 is 10.0 Å². The van der Waals surface area contributed by atoms with E-state index in [-0.39, 0.29) is 24.0 Å². The first kappa shape index (κ1) is 16.3. The van der Waals surface area contributed by atoms with E-state index in [9.17, 15) is 12.8 Å². The molecule has 0 saturated carbocycles. The van der Waals surface area contributed by atoms with E-state index >= 15 is 0 Å². The lowest BCUT2D eigenvalue weighted by molar-refractivity contribution is 0.578. The highest BCUT2D eigenvalue weighted by molar-refractivity contribution is 7.88. The number of sulfonamides is 1. The van der Waals surface area contributed by atoms with Crippen LogP contribution in [0.25, 0.3) is 0 Å². The zero-order valence-corrected chi connectivity index (χ0v) is 10.9. The summed E-state index contributed by atoms with van der Waals surface area (Å²) in [5.41, 5.74) is 5.81. The van der Waals surface area contributed by atoms with E-state index in [0.29, 0.717) is 25.1 Å². The highest BCUT2D eigenvalue weighted by Gasteiger charge is 2.10. The Kier molecular flexibility index (Phi) is 7.29. The minimum Gasteiger partial charge on any atom is -0.330 e. The van der Waals surface area contributed by atoms with Crippen molar-refractivity contribution in [1.29, 1.82) is 0 Å². The van der Waals surface area contributed by atoms with Gasteiger partial charge < -0.3 is 5.73 Å². The quantitative estimate of drug-likeness (QED) is 0.765. The second kappa shape index (κ2) is 7.60. The fourth-order valence-electron chi connectivity index (χ4n) is 1.18. The molecule has 0 radical (unpaired) electrons. The summed E-state index contributed by atoms with van der Waals surface area (Å²) >= 11 is 0. The van der Waals surface area contributed by atoms with Crippen LogP contribution >= 0.6 is 12.4 Å². The van der Waals surface area contributed by atoms with Crippen LogP contribution in [0.5, 0.6) is 0 Å². The maximum atomic E-state index is 12.6. The van der Waals surface area contributed by atoms with Crippen molar-refractivity contribution in [3.05, 3.63) is 35.6 Å². The van der Waals surface area contributed by atoms with Crippen molar-refractivity contribution in [1.82, 2.24) is 4.72 Å². The highest BCUT2D eigenvalue weighted by atomic mass is 35.5. The molecule has 4 nitrogen and oxygen atoms in total. The van der Waals surface area contributed by atoms with E-state index in [2.05, 4.69) is 4.72 Å². The first-order valence-corrected chi connectivity index (χ1v) is 6.60. The summed E-state index contributed by atoms with van der Waals surface area (Å²) in [5.74, 6) is -0.519. The maximum absolute atomic E-state index is 12.6. The summed E-state index contributed by atoms with van der Waals surface area (Å²) in [6.45, 7) is 0.777. The summed E-state index contributed by atoms with van der Waals surface area (Å²) in [5, 5.41) is 0. The Morgan fingerprint density at radius 3 is 2.35 bits per heavy atom. The number of rotatable bonds is 6. The normalized spacial score (nSPS) is 10.9. The average molecular weight is 283 g/mol. The minimum atomic E-state index is -3.35. The minimum absolute atomic E-state index is 0. The van der Waals surface area contributed by atoms with Crippen LogP contribution in [0.15, 0.2) is 24.3 Å². The van der Waals surface area contributed by atoms with Gasteiger partial charge in [-0.1, -0.05) is 12.1 Å². The molecule has 1 rings (SSSR count). The van der Waals surface area contributed by atoms with Gasteiger partial charge >= 0.3 is 0 Å². The molecule has 0 aromatic heterocycles. The van der Waals surface area contributed by atoms with Crippen LogP contribution in [0.3, 0.4) is 0 Å². The van der Waals surface area contributed by atoms with Gasteiger partial charge in [-0.15, -0.1) is 12.4 Å². The number of benzene rings is 1. The van der Waals surface area contributed by atoms with Crippen molar-refractivity contribution in [3.63, 3.8) is 0 Å². The lowest BCUT2D eigenvalue weighted by atomic mass is 10.2. The predicted molar refractivity (Wildman–Crippen MR) is 67.9 cm³/mol. The van der Waals surface area contributed by atoms with Gasteiger partial charge in [0, 0.05) is 6.54 Å². The van der Waals surface area contributed by atoms with Crippen molar-refractivity contribution < 1.29 is 12.8 Å². The van der Waals surface area contributed by atoms with Crippen molar-refractivity contribution in [3.8, 4) is 0 Å². The van der Waals surface area contributed by atoms with Gasteiger partial charge in [0.2, 0.25) is 10.0 Å². The monoisotopic (exact) mass is 282 g/mol. The molecule has 0 spiro atoms. The molecule has 1 aromatic carbocycles. The Labute approximate surface area is 107 Å². The fourth-order valence-corrected chi connectivity index (χ4v) is 2.37. The molecule has 0 amide bonds. The Balaban J connectivity index is 0.00000256. The summed E-state index contributed by atoms with van der Waals surface area (Å²) in [7, 11) is -3.35. The van der Waals surface area contributed by atoms with Gasteiger partial charge in [0.25, 0.3) is 0 Å². The van der Waals surface area contributed by atoms with Crippen LogP contribution in [0, 0.1) is 5.82 Å². The SMILES string of the molecule is Cl.NCCCNS(=O)(=O)Cc1ccc(F)cc1. The molecule has 0 atom stereocenters. The molecular formula is C10H16ClFN2O2S. The van der Waals surface area contributed by atoms with Crippen molar-refractivity contribution in [2.75, 3.05) is 13.1 Å². The van der Waals surface area contributed by atoms with Crippen LogP contribution in [0.2, 0.25) is 0 Å². The fraction of sp³-hybridized carbons (Fsp3) is 0.400. The standard InChI is InChI=1S/C10H15FN2O2S.ClH/c11-10-4-2-9(3-5-10)8-16(14,15)13-7-1-6-12;/h2-5,13H,1,6-8,12H2;1H. The molecule has 0 aliphatic carbocycles. The summed E-state index contributed by atoms with van der Waals surface area (Å²) < 4.78 is 38.0. The van der Waals surface area contributed by atoms with Gasteiger partial charge in [-0.05, 0) is 30.7 Å². The van der Waals surface area contributed by atoms with Crippen LogP contribution in [0.1, 0.15) is 12.0 Å². The molecule has 0 aliphatic rings. The molecule has 0 bridgehead atoms. The van der Waals surface area contributed by atoms with E-state index in [1.54, 1.807) is 0 Å². The molecule has 7 heteroatoms. The van der Waals surface area contributed by atoms with E-state index in [0.717, 1.165) is 0 Å². The maximum Gasteiger partial charge on any atom is 0.215 e. The molecule has 1 aromatic rings. The lowest BCUT2D eigenvalue weighted by Crippen LogP contribution is -2.27.